The van der Waals surface area contributed by atoms with E-state index in [1.165, 1.54) is 6.33 Å². The lowest BCUT2D eigenvalue weighted by Gasteiger charge is -2.10. The number of rotatable bonds is 3. The van der Waals surface area contributed by atoms with Gasteiger partial charge in [0.2, 0.25) is 0 Å². The average Bonchev–Trinajstić information content (AvgIpc) is 3.13. The number of nitrogens with zero attached hydrogens (tertiary/aromatic N) is 5. The van der Waals surface area contributed by atoms with Gasteiger partial charge in [0.25, 0.3) is 0 Å². The minimum Gasteiger partial charge on any atom is -0.393 e. The van der Waals surface area contributed by atoms with Crippen LogP contribution in [0.2, 0.25) is 0 Å². The highest BCUT2D eigenvalue weighted by Crippen LogP contribution is 2.29. The number of nitrogens with one attached hydrogen (secondary N) is 1. The molecular formula is C16H15N7S. The van der Waals surface area contributed by atoms with Crippen molar-refractivity contribution in [1.29, 1.82) is 0 Å². The second-order valence-electron chi connectivity index (χ2n) is 5.35. The van der Waals surface area contributed by atoms with E-state index in [1.54, 1.807) is 17.7 Å². The maximum atomic E-state index is 6.30. The first-order valence-corrected chi connectivity index (χ1v) is 8.19. The Hall–Kier alpha value is -3.00. The minimum atomic E-state index is 0.450. The third-order valence-electron chi connectivity index (χ3n) is 3.80. The van der Waals surface area contributed by atoms with E-state index in [-0.39, 0.29) is 0 Å². The zero-order chi connectivity index (χ0) is 16.7. The van der Waals surface area contributed by atoms with E-state index in [2.05, 4.69) is 25.3 Å². The lowest BCUT2D eigenvalue weighted by molar-refractivity contribution is 1.00. The number of hydrogen-bond acceptors (Lipinski definition) is 7. The Labute approximate surface area is 142 Å². The second-order valence-corrected chi connectivity index (χ2v) is 6.55. The lowest BCUT2D eigenvalue weighted by Crippen LogP contribution is -2.07. The summed E-state index contributed by atoms with van der Waals surface area (Å²) in [5.74, 6) is 1.12. The minimum absolute atomic E-state index is 0.450. The highest BCUT2D eigenvalue weighted by atomic mass is 32.1. The molecule has 120 valence electrons. The van der Waals surface area contributed by atoms with Crippen molar-refractivity contribution in [1.82, 2.24) is 24.5 Å². The van der Waals surface area contributed by atoms with Gasteiger partial charge in [0.1, 0.15) is 18.3 Å². The van der Waals surface area contributed by atoms with Gasteiger partial charge in [0, 0.05) is 4.88 Å². The van der Waals surface area contributed by atoms with Crippen LogP contribution in [-0.4, -0.2) is 24.5 Å². The quantitative estimate of drug-likeness (QED) is 0.596. The molecule has 0 saturated heterocycles. The number of imidazole rings is 1. The second kappa shape index (κ2) is 5.57. The molecule has 7 nitrogen and oxygen atoms in total. The molecule has 0 bridgehead atoms. The number of hydrogen-bond donors (Lipinski definition) is 2. The third-order valence-corrected chi connectivity index (χ3v) is 4.79. The highest BCUT2D eigenvalue weighted by molar-refractivity contribution is 7.15. The van der Waals surface area contributed by atoms with Gasteiger partial charge >= 0.3 is 0 Å². The van der Waals surface area contributed by atoms with Gasteiger partial charge < -0.3 is 11.1 Å². The number of fused-ring (bicyclic) bond motifs is 1. The maximum Gasteiger partial charge on any atom is 0.188 e. The molecule has 0 fully saturated rings. The van der Waals surface area contributed by atoms with Crippen molar-refractivity contribution < 1.29 is 0 Å². The third kappa shape index (κ3) is 2.37. The van der Waals surface area contributed by atoms with E-state index in [4.69, 9.17) is 5.73 Å². The Morgan fingerprint density at radius 2 is 1.96 bits per heavy atom. The van der Waals surface area contributed by atoms with Crippen LogP contribution in [0.1, 0.15) is 10.6 Å². The number of nitrogen functional groups attached to an aromatic ring is 1. The Morgan fingerprint density at radius 3 is 2.75 bits per heavy atom. The first-order chi connectivity index (χ1) is 11.6. The summed E-state index contributed by atoms with van der Waals surface area (Å²) in [4.78, 5) is 18.6. The monoisotopic (exact) mass is 337 g/mol. The molecule has 0 aliphatic carbocycles. The van der Waals surface area contributed by atoms with Gasteiger partial charge in [0.05, 0.1) is 16.7 Å². The lowest BCUT2D eigenvalue weighted by atomic mass is 10.3. The standard InChI is InChI=1S/C16H15N7S/c1-9-10(2)24-16(21-9)22-14-13(17)15(19-7-18-14)23-8-20-11-5-3-4-6-12(11)23/h3-8H,17H2,1-2H3,(H,18,19,21,22). The van der Waals surface area contributed by atoms with Crippen LogP contribution >= 0.6 is 11.3 Å². The summed E-state index contributed by atoms with van der Waals surface area (Å²) in [5.41, 5.74) is 9.57. The van der Waals surface area contributed by atoms with Crippen LogP contribution in [0.5, 0.6) is 0 Å². The average molecular weight is 337 g/mol. The van der Waals surface area contributed by atoms with Gasteiger partial charge in [-0.1, -0.05) is 12.1 Å². The zero-order valence-corrected chi connectivity index (χ0v) is 14.0. The van der Waals surface area contributed by atoms with Crippen LogP contribution in [0.3, 0.4) is 0 Å². The maximum absolute atomic E-state index is 6.30. The molecule has 1 aromatic carbocycles. The SMILES string of the molecule is Cc1nc(Nc2ncnc(-n3cnc4ccccc43)c2N)sc1C. The van der Waals surface area contributed by atoms with Gasteiger partial charge in [-0.15, -0.1) is 11.3 Å². The number of para-hydroxylation sites is 2. The number of aromatic nitrogens is 5. The number of thiazole rings is 1. The molecule has 0 atom stereocenters. The Bertz CT molecular complexity index is 1010. The highest BCUT2D eigenvalue weighted by Gasteiger charge is 2.14. The summed E-state index contributed by atoms with van der Waals surface area (Å²) < 4.78 is 1.86. The summed E-state index contributed by atoms with van der Waals surface area (Å²) in [5, 5.41) is 3.94. The van der Waals surface area contributed by atoms with Crippen molar-refractivity contribution in [3.63, 3.8) is 0 Å². The van der Waals surface area contributed by atoms with Crippen molar-refractivity contribution in [3.8, 4) is 5.82 Å². The number of benzene rings is 1. The Balaban J connectivity index is 1.78. The van der Waals surface area contributed by atoms with Crippen molar-refractivity contribution in [3.05, 3.63) is 47.5 Å². The smallest absolute Gasteiger partial charge is 0.188 e. The molecule has 4 rings (SSSR count). The van der Waals surface area contributed by atoms with Crippen molar-refractivity contribution in [2.75, 3.05) is 11.1 Å². The van der Waals surface area contributed by atoms with E-state index in [0.717, 1.165) is 26.7 Å². The van der Waals surface area contributed by atoms with Crippen LogP contribution in [-0.2, 0) is 0 Å². The van der Waals surface area contributed by atoms with Crippen LogP contribution in [0.4, 0.5) is 16.6 Å². The fourth-order valence-electron chi connectivity index (χ4n) is 2.43. The van der Waals surface area contributed by atoms with E-state index in [9.17, 15) is 0 Å². The molecule has 0 saturated carbocycles. The molecule has 24 heavy (non-hydrogen) atoms. The molecule has 0 amide bonds. The summed E-state index contributed by atoms with van der Waals surface area (Å²) in [6.45, 7) is 4.01. The molecule has 0 aliphatic rings. The topological polar surface area (TPSA) is 94.5 Å². The molecule has 4 aromatic rings. The van der Waals surface area contributed by atoms with Gasteiger partial charge in [-0.05, 0) is 26.0 Å². The summed E-state index contributed by atoms with van der Waals surface area (Å²) in [6, 6.07) is 7.83. The first kappa shape index (κ1) is 14.6. The molecule has 0 radical (unpaired) electrons. The predicted octanol–water partition coefficient (Wildman–Crippen LogP) is 3.21. The number of anilines is 3. The van der Waals surface area contributed by atoms with Gasteiger partial charge in [-0.2, -0.15) is 0 Å². The molecule has 0 aliphatic heterocycles. The largest absolute Gasteiger partial charge is 0.393 e. The van der Waals surface area contributed by atoms with Gasteiger partial charge in [0.15, 0.2) is 16.8 Å². The van der Waals surface area contributed by atoms with Crippen LogP contribution < -0.4 is 11.1 Å². The fraction of sp³-hybridized carbons (Fsp3) is 0.125. The number of nitrogens with two attached hydrogens (primary N) is 1. The Morgan fingerprint density at radius 1 is 1.12 bits per heavy atom. The predicted molar refractivity (Wildman–Crippen MR) is 95.9 cm³/mol. The fourth-order valence-corrected chi connectivity index (χ4v) is 3.25. The molecule has 0 unspecified atom stereocenters. The van der Waals surface area contributed by atoms with Crippen molar-refractivity contribution >= 4 is 39.0 Å². The van der Waals surface area contributed by atoms with Crippen molar-refractivity contribution in [2.45, 2.75) is 13.8 Å². The Kier molecular flexibility index (Phi) is 3.39. The molecule has 0 spiro atoms. The number of aryl methyl sites for hydroxylation is 2. The van der Waals surface area contributed by atoms with Crippen molar-refractivity contribution in [2.24, 2.45) is 0 Å². The zero-order valence-electron chi connectivity index (χ0n) is 13.2. The van der Waals surface area contributed by atoms with Gasteiger partial charge in [-0.3, -0.25) is 4.57 Å². The van der Waals surface area contributed by atoms with Gasteiger partial charge in [-0.25, -0.2) is 19.9 Å². The van der Waals surface area contributed by atoms with Crippen LogP contribution in [0.15, 0.2) is 36.9 Å². The first-order valence-electron chi connectivity index (χ1n) is 7.37. The van der Waals surface area contributed by atoms with E-state index < -0.39 is 0 Å². The summed E-state index contributed by atoms with van der Waals surface area (Å²) >= 11 is 1.57. The molecular weight excluding hydrogens is 322 g/mol. The summed E-state index contributed by atoms with van der Waals surface area (Å²) in [7, 11) is 0. The van der Waals surface area contributed by atoms with E-state index in [1.807, 2.05) is 42.7 Å². The molecule has 3 aromatic heterocycles. The van der Waals surface area contributed by atoms with Crippen LogP contribution in [0, 0.1) is 13.8 Å². The van der Waals surface area contributed by atoms with E-state index >= 15 is 0 Å². The van der Waals surface area contributed by atoms with E-state index in [0.29, 0.717) is 17.3 Å². The van der Waals surface area contributed by atoms with Crippen LogP contribution in [0.25, 0.3) is 16.9 Å². The molecule has 3 heterocycles. The normalized spacial score (nSPS) is 11.1. The summed E-state index contributed by atoms with van der Waals surface area (Å²) in [6.07, 6.45) is 3.20. The molecule has 3 N–H and O–H groups in total. The molecule has 8 heteroatoms.